The minimum absolute atomic E-state index is 0.0683. The van der Waals surface area contributed by atoms with E-state index in [4.69, 9.17) is 14.3 Å². The van der Waals surface area contributed by atoms with Crippen molar-refractivity contribution in [3.8, 4) is 11.5 Å². The van der Waals surface area contributed by atoms with E-state index in [0.29, 0.717) is 24.1 Å². The lowest BCUT2D eigenvalue weighted by molar-refractivity contribution is -0.125. The summed E-state index contributed by atoms with van der Waals surface area (Å²) < 4.78 is 10.7. The zero-order valence-corrected chi connectivity index (χ0v) is 12.3. The molecule has 6 nitrogen and oxygen atoms in total. The fraction of sp³-hybridized carbons (Fsp3) is 0.467. The van der Waals surface area contributed by atoms with Gasteiger partial charge in [-0.15, -0.1) is 0 Å². The van der Waals surface area contributed by atoms with E-state index < -0.39 is 0 Å². The standard InChI is InChI=1S/C15H20N2O4/c1-3-20-13-7-4-11(8-14(13)19-2)9-16-21-10-15(18)17-12-5-6-12/h4,7-9,12H,3,5-6,10H2,1-2H3,(H,17,18)/b16-9-. The molecule has 1 aliphatic rings. The van der Waals surface area contributed by atoms with Crippen molar-refractivity contribution in [2.24, 2.45) is 5.16 Å². The van der Waals surface area contributed by atoms with Crippen molar-refractivity contribution in [3.05, 3.63) is 23.8 Å². The van der Waals surface area contributed by atoms with E-state index in [2.05, 4.69) is 10.5 Å². The molecule has 1 aromatic carbocycles. The topological polar surface area (TPSA) is 69.2 Å². The SMILES string of the molecule is CCOc1ccc(/C=N\OCC(=O)NC2CC2)cc1OC. The molecule has 0 spiro atoms. The number of carbonyl (C=O) groups is 1. The lowest BCUT2D eigenvalue weighted by Crippen LogP contribution is -2.28. The molecule has 21 heavy (non-hydrogen) atoms. The van der Waals surface area contributed by atoms with Gasteiger partial charge in [-0.2, -0.15) is 0 Å². The molecule has 0 heterocycles. The molecule has 114 valence electrons. The maximum absolute atomic E-state index is 11.4. The third-order valence-electron chi connectivity index (χ3n) is 2.90. The number of ether oxygens (including phenoxy) is 2. The molecule has 0 saturated heterocycles. The number of nitrogens with zero attached hydrogens (tertiary/aromatic N) is 1. The number of hydrogen-bond acceptors (Lipinski definition) is 5. The van der Waals surface area contributed by atoms with Gasteiger partial charge in [0.05, 0.1) is 19.9 Å². The maximum Gasteiger partial charge on any atom is 0.260 e. The number of nitrogens with one attached hydrogen (secondary N) is 1. The van der Waals surface area contributed by atoms with Gasteiger partial charge in [0.1, 0.15) is 0 Å². The van der Waals surface area contributed by atoms with Crippen LogP contribution in [-0.4, -0.2) is 38.5 Å². The number of benzene rings is 1. The predicted molar refractivity (Wildman–Crippen MR) is 78.9 cm³/mol. The molecule has 0 radical (unpaired) electrons. The van der Waals surface area contributed by atoms with E-state index in [-0.39, 0.29) is 12.5 Å². The Morgan fingerprint density at radius 3 is 2.90 bits per heavy atom. The van der Waals surface area contributed by atoms with Crippen LogP contribution < -0.4 is 14.8 Å². The van der Waals surface area contributed by atoms with E-state index in [9.17, 15) is 4.79 Å². The van der Waals surface area contributed by atoms with Gasteiger partial charge in [0.25, 0.3) is 5.91 Å². The Morgan fingerprint density at radius 2 is 2.24 bits per heavy atom. The number of rotatable bonds is 8. The highest BCUT2D eigenvalue weighted by Crippen LogP contribution is 2.27. The second-order valence-corrected chi connectivity index (χ2v) is 4.69. The molecule has 0 atom stereocenters. The van der Waals surface area contributed by atoms with Crippen molar-refractivity contribution in [2.75, 3.05) is 20.3 Å². The molecule has 1 saturated carbocycles. The summed E-state index contributed by atoms with van der Waals surface area (Å²) in [4.78, 5) is 16.3. The normalized spacial score (nSPS) is 14.0. The summed E-state index contributed by atoms with van der Waals surface area (Å²) >= 11 is 0. The number of methoxy groups -OCH3 is 1. The van der Waals surface area contributed by atoms with Crippen molar-refractivity contribution >= 4 is 12.1 Å². The van der Waals surface area contributed by atoms with Gasteiger partial charge in [-0.25, -0.2) is 0 Å². The summed E-state index contributed by atoms with van der Waals surface area (Å²) in [6.07, 6.45) is 3.64. The van der Waals surface area contributed by atoms with Gasteiger partial charge < -0.3 is 19.6 Å². The lowest BCUT2D eigenvalue weighted by Gasteiger charge is -2.09. The van der Waals surface area contributed by atoms with Gasteiger partial charge in [-0.3, -0.25) is 4.79 Å². The van der Waals surface area contributed by atoms with Crippen molar-refractivity contribution in [1.29, 1.82) is 0 Å². The molecule has 1 fully saturated rings. The second-order valence-electron chi connectivity index (χ2n) is 4.69. The smallest absolute Gasteiger partial charge is 0.260 e. The highest BCUT2D eigenvalue weighted by atomic mass is 16.6. The largest absolute Gasteiger partial charge is 0.493 e. The monoisotopic (exact) mass is 292 g/mol. The number of carbonyl (C=O) groups excluding carboxylic acids is 1. The molecule has 1 N–H and O–H groups in total. The minimum Gasteiger partial charge on any atom is -0.493 e. The van der Waals surface area contributed by atoms with E-state index in [1.54, 1.807) is 13.2 Å². The average Bonchev–Trinajstić information content (AvgIpc) is 3.29. The van der Waals surface area contributed by atoms with Gasteiger partial charge in [-0.1, -0.05) is 5.16 Å². The minimum atomic E-state index is -0.140. The molecule has 0 bridgehead atoms. The lowest BCUT2D eigenvalue weighted by atomic mass is 10.2. The Hall–Kier alpha value is -2.24. The number of oxime groups is 1. The van der Waals surface area contributed by atoms with Gasteiger partial charge >= 0.3 is 0 Å². The van der Waals surface area contributed by atoms with E-state index in [1.807, 2.05) is 19.1 Å². The van der Waals surface area contributed by atoms with Crippen molar-refractivity contribution in [3.63, 3.8) is 0 Å². The van der Waals surface area contributed by atoms with Crippen molar-refractivity contribution in [2.45, 2.75) is 25.8 Å². The first kappa shape index (κ1) is 15.2. The van der Waals surface area contributed by atoms with E-state index in [1.165, 1.54) is 6.21 Å². The quantitative estimate of drug-likeness (QED) is 0.585. The molecule has 2 rings (SSSR count). The zero-order valence-electron chi connectivity index (χ0n) is 12.3. The summed E-state index contributed by atoms with van der Waals surface area (Å²) in [5, 5.41) is 6.60. The maximum atomic E-state index is 11.4. The van der Waals surface area contributed by atoms with Crippen molar-refractivity contribution < 1.29 is 19.1 Å². The third-order valence-corrected chi connectivity index (χ3v) is 2.90. The number of amides is 1. The fourth-order valence-corrected chi connectivity index (χ4v) is 1.73. The highest BCUT2D eigenvalue weighted by Gasteiger charge is 2.23. The molecule has 0 aromatic heterocycles. The summed E-state index contributed by atoms with van der Waals surface area (Å²) in [5.41, 5.74) is 0.804. The van der Waals surface area contributed by atoms with Gasteiger partial charge in [-0.05, 0) is 38.0 Å². The molecule has 6 heteroatoms. The summed E-state index contributed by atoms with van der Waals surface area (Å²) in [6, 6.07) is 5.77. The van der Waals surface area contributed by atoms with Crippen LogP contribution >= 0.6 is 0 Å². The Bertz CT molecular complexity index is 512. The van der Waals surface area contributed by atoms with E-state index >= 15 is 0 Å². The molecular weight excluding hydrogens is 272 g/mol. The fourth-order valence-electron chi connectivity index (χ4n) is 1.73. The van der Waals surface area contributed by atoms with Gasteiger partial charge in [0, 0.05) is 11.6 Å². The van der Waals surface area contributed by atoms with Crippen molar-refractivity contribution in [1.82, 2.24) is 5.32 Å². The van der Waals surface area contributed by atoms with Gasteiger partial charge in [0.2, 0.25) is 0 Å². The van der Waals surface area contributed by atoms with E-state index in [0.717, 1.165) is 18.4 Å². The third kappa shape index (κ3) is 4.98. The summed E-state index contributed by atoms with van der Waals surface area (Å²) in [6.45, 7) is 2.42. The van der Waals surface area contributed by atoms with Crippen LogP contribution in [0.4, 0.5) is 0 Å². The average molecular weight is 292 g/mol. The first-order chi connectivity index (χ1) is 10.2. The predicted octanol–water partition coefficient (Wildman–Crippen LogP) is 1.72. The highest BCUT2D eigenvalue weighted by molar-refractivity contribution is 5.81. The van der Waals surface area contributed by atoms with Gasteiger partial charge in [0.15, 0.2) is 18.1 Å². The van der Waals surface area contributed by atoms with Crippen LogP contribution in [-0.2, 0) is 9.63 Å². The second kappa shape index (κ2) is 7.52. The Labute approximate surface area is 124 Å². The van der Waals surface area contributed by atoms with Crippen LogP contribution in [0.2, 0.25) is 0 Å². The number of hydrogen-bond donors (Lipinski definition) is 1. The molecule has 0 aliphatic heterocycles. The van der Waals surface area contributed by atoms with Crippen LogP contribution in [0.1, 0.15) is 25.3 Å². The molecule has 1 aromatic rings. The zero-order chi connectivity index (χ0) is 15.1. The molecule has 0 unspecified atom stereocenters. The first-order valence-corrected chi connectivity index (χ1v) is 6.98. The first-order valence-electron chi connectivity index (χ1n) is 6.98. The Balaban J connectivity index is 1.83. The summed E-state index contributed by atoms with van der Waals surface area (Å²) in [7, 11) is 1.58. The van der Waals surface area contributed by atoms with Crippen LogP contribution in [0.3, 0.4) is 0 Å². The van der Waals surface area contributed by atoms with Crippen LogP contribution in [0.25, 0.3) is 0 Å². The van der Waals surface area contributed by atoms with Crippen LogP contribution in [0, 0.1) is 0 Å². The molecular formula is C15H20N2O4. The Morgan fingerprint density at radius 1 is 1.43 bits per heavy atom. The summed E-state index contributed by atoms with van der Waals surface area (Å²) in [5.74, 6) is 1.17. The van der Waals surface area contributed by atoms with Crippen LogP contribution in [0.15, 0.2) is 23.4 Å². The molecule has 1 amide bonds. The molecule has 1 aliphatic carbocycles. The Kier molecular flexibility index (Phi) is 5.43. The van der Waals surface area contributed by atoms with Crippen LogP contribution in [0.5, 0.6) is 11.5 Å².